The molecule has 8 heteroatoms. The zero-order valence-corrected chi connectivity index (χ0v) is 11.7. The van der Waals surface area contributed by atoms with Gasteiger partial charge in [0.2, 0.25) is 5.75 Å². The van der Waals surface area contributed by atoms with E-state index >= 15 is 0 Å². The van der Waals surface area contributed by atoms with Crippen LogP contribution in [-0.4, -0.2) is 28.1 Å². The Balaban J connectivity index is 2.79. The first kappa shape index (κ1) is 15.4. The van der Waals surface area contributed by atoms with E-state index in [0.717, 1.165) is 0 Å². The van der Waals surface area contributed by atoms with Crippen molar-refractivity contribution < 1.29 is 19.6 Å². The Hall–Kier alpha value is -1.67. The number of carboxylic acids is 1. The summed E-state index contributed by atoms with van der Waals surface area (Å²) in [6, 6.07) is 4.42. The van der Waals surface area contributed by atoms with Crippen LogP contribution in [0.5, 0.6) is 5.75 Å². The molecule has 0 saturated heterocycles. The minimum Gasteiger partial charge on any atom is -0.486 e. The number of nitro groups is 1. The molecular weight excluding hydrogens is 320 g/mol. The van der Waals surface area contributed by atoms with Crippen LogP contribution < -0.4 is 10.5 Å². The fourth-order valence-electron chi connectivity index (χ4n) is 1.26. The maximum absolute atomic E-state index is 10.8. The number of benzene rings is 1. The van der Waals surface area contributed by atoms with E-state index < -0.39 is 16.4 Å². The van der Waals surface area contributed by atoms with Crippen molar-refractivity contribution in [2.24, 2.45) is 5.73 Å². The number of para-hydroxylation sites is 1. The highest BCUT2D eigenvalue weighted by atomic mass is 79.9. The zero-order valence-electron chi connectivity index (χ0n) is 10.1. The van der Waals surface area contributed by atoms with Crippen molar-refractivity contribution in [3.05, 3.63) is 32.8 Å². The van der Waals surface area contributed by atoms with Crippen LogP contribution in [0.15, 0.2) is 22.7 Å². The van der Waals surface area contributed by atoms with Gasteiger partial charge in [-0.1, -0.05) is 6.07 Å². The molecule has 0 fully saturated rings. The second-order valence-electron chi connectivity index (χ2n) is 4.17. The third-order valence-electron chi connectivity index (χ3n) is 2.50. The lowest BCUT2D eigenvalue weighted by Crippen LogP contribution is -2.45. The SMILES string of the molecule is CC(N)(CCOc1c(Br)cccc1[N+](=O)[O-])C(=O)O. The fraction of sp³-hybridized carbons (Fsp3) is 0.364. The number of carbonyl (C=O) groups is 1. The van der Waals surface area contributed by atoms with Crippen LogP contribution in [0, 0.1) is 10.1 Å². The maximum atomic E-state index is 10.8. The van der Waals surface area contributed by atoms with Crippen LogP contribution in [0.25, 0.3) is 0 Å². The number of nitrogens with zero attached hydrogens (tertiary/aromatic N) is 1. The molecule has 104 valence electrons. The van der Waals surface area contributed by atoms with Gasteiger partial charge in [-0.15, -0.1) is 0 Å². The fourth-order valence-corrected chi connectivity index (χ4v) is 1.73. The molecule has 3 N–H and O–H groups in total. The van der Waals surface area contributed by atoms with Crippen LogP contribution in [0.2, 0.25) is 0 Å². The first-order valence-electron chi connectivity index (χ1n) is 5.33. The molecule has 0 aliphatic heterocycles. The molecule has 0 aliphatic rings. The largest absolute Gasteiger partial charge is 0.486 e. The Morgan fingerprint density at radius 1 is 1.63 bits per heavy atom. The molecule has 0 saturated carbocycles. The first-order valence-corrected chi connectivity index (χ1v) is 6.13. The molecule has 7 nitrogen and oxygen atoms in total. The standard InChI is InChI=1S/C11H13BrN2O5/c1-11(13,10(15)16)5-6-19-9-7(12)3-2-4-8(9)14(17)18/h2-4H,5-6,13H2,1H3,(H,15,16). The van der Waals surface area contributed by atoms with E-state index in [-0.39, 0.29) is 24.5 Å². The number of hydrogen-bond donors (Lipinski definition) is 2. The van der Waals surface area contributed by atoms with Crippen molar-refractivity contribution in [3.63, 3.8) is 0 Å². The predicted molar refractivity (Wildman–Crippen MR) is 71.1 cm³/mol. The average molecular weight is 333 g/mol. The van der Waals surface area contributed by atoms with E-state index in [1.54, 1.807) is 6.07 Å². The molecule has 0 radical (unpaired) electrons. The van der Waals surface area contributed by atoms with Gasteiger partial charge in [0, 0.05) is 12.5 Å². The van der Waals surface area contributed by atoms with Crippen molar-refractivity contribution in [1.29, 1.82) is 0 Å². The van der Waals surface area contributed by atoms with Gasteiger partial charge in [-0.3, -0.25) is 14.9 Å². The van der Waals surface area contributed by atoms with Gasteiger partial charge < -0.3 is 15.6 Å². The van der Waals surface area contributed by atoms with Gasteiger partial charge in [0.25, 0.3) is 0 Å². The molecule has 1 aromatic rings. The molecule has 1 aromatic carbocycles. The summed E-state index contributed by atoms with van der Waals surface area (Å²) >= 11 is 3.15. The van der Waals surface area contributed by atoms with Crippen LogP contribution >= 0.6 is 15.9 Å². The van der Waals surface area contributed by atoms with E-state index in [2.05, 4.69) is 15.9 Å². The topological polar surface area (TPSA) is 116 Å². The van der Waals surface area contributed by atoms with Gasteiger partial charge in [0.15, 0.2) is 0 Å². The van der Waals surface area contributed by atoms with Crippen LogP contribution in [0.3, 0.4) is 0 Å². The van der Waals surface area contributed by atoms with E-state index in [0.29, 0.717) is 4.47 Å². The quantitative estimate of drug-likeness (QED) is 0.607. The van der Waals surface area contributed by atoms with Crippen LogP contribution in [-0.2, 0) is 4.79 Å². The summed E-state index contributed by atoms with van der Waals surface area (Å²) in [6.07, 6.45) is 0.0286. The van der Waals surface area contributed by atoms with Gasteiger partial charge in [-0.05, 0) is 28.9 Å². The molecule has 1 atom stereocenters. The molecule has 0 aliphatic carbocycles. The summed E-state index contributed by atoms with van der Waals surface area (Å²) in [6.45, 7) is 1.32. The molecule has 19 heavy (non-hydrogen) atoms. The molecule has 0 bridgehead atoms. The Morgan fingerprint density at radius 2 is 2.26 bits per heavy atom. The van der Waals surface area contributed by atoms with E-state index in [9.17, 15) is 14.9 Å². The smallest absolute Gasteiger partial charge is 0.323 e. The normalized spacial score (nSPS) is 13.6. The van der Waals surface area contributed by atoms with E-state index in [4.69, 9.17) is 15.6 Å². The van der Waals surface area contributed by atoms with Gasteiger partial charge >= 0.3 is 11.7 Å². The zero-order chi connectivity index (χ0) is 14.6. The van der Waals surface area contributed by atoms with E-state index in [1.807, 2.05) is 0 Å². The first-order chi connectivity index (χ1) is 8.75. The van der Waals surface area contributed by atoms with Crippen LogP contribution in [0.1, 0.15) is 13.3 Å². The van der Waals surface area contributed by atoms with Gasteiger partial charge in [-0.2, -0.15) is 0 Å². The second kappa shape index (κ2) is 5.98. The molecule has 1 rings (SSSR count). The van der Waals surface area contributed by atoms with Gasteiger partial charge in [0.05, 0.1) is 16.0 Å². The summed E-state index contributed by atoms with van der Waals surface area (Å²) in [5, 5.41) is 19.7. The molecule has 0 amide bonds. The summed E-state index contributed by atoms with van der Waals surface area (Å²) in [5.74, 6) is -1.09. The van der Waals surface area contributed by atoms with Gasteiger partial charge in [0.1, 0.15) is 5.54 Å². The van der Waals surface area contributed by atoms with Crippen LogP contribution in [0.4, 0.5) is 5.69 Å². The molecular formula is C11H13BrN2O5. The summed E-state index contributed by atoms with van der Waals surface area (Å²) in [7, 11) is 0. The molecule has 0 heterocycles. The Morgan fingerprint density at radius 3 is 2.79 bits per heavy atom. The molecule has 0 aromatic heterocycles. The third kappa shape index (κ3) is 3.90. The highest BCUT2D eigenvalue weighted by Gasteiger charge is 2.28. The minimum atomic E-state index is -1.43. The molecule has 0 spiro atoms. The number of ether oxygens (including phenoxy) is 1. The lowest BCUT2D eigenvalue weighted by atomic mass is 10.0. The number of nitrogens with two attached hydrogens (primary N) is 1. The number of rotatable bonds is 6. The minimum absolute atomic E-state index is 0.0286. The van der Waals surface area contributed by atoms with Crippen molar-refractivity contribution in [1.82, 2.24) is 0 Å². The van der Waals surface area contributed by atoms with Crippen molar-refractivity contribution in [3.8, 4) is 5.75 Å². The molecule has 1 unspecified atom stereocenters. The Labute approximate surface area is 117 Å². The van der Waals surface area contributed by atoms with Crippen molar-refractivity contribution >= 4 is 27.6 Å². The Kier molecular flexibility index (Phi) is 4.84. The maximum Gasteiger partial charge on any atom is 0.323 e. The lowest BCUT2D eigenvalue weighted by Gasteiger charge is -2.19. The summed E-state index contributed by atoms with van der Waals surface area (Å²) < 4.78 is 5.71. The average Bonchev–Trinajstić information content (AvgIpc) is 2.30. The predicted octanol–water partition coefficient (Wildman–Crippen LogP) is 1.93. The second-order valence-corrected chi connectivity index (χ2v) is 5.02. The number of aliphatic carboxylic acids is 1. The number of nitro benzene ring substituents is 1. The number of halogens is 1. The van der Waals surface area contributed by atoms with E-state index in [1.165, 1.54) is 19.1 Å². The number of carboxylic acid groups (broad SMARTS) is 1. The monoisotopic (exact) mass is 332 g/mol. The Bertz CT molecular complexity index is 504. The summed E-state index contributed by atoms with van der Waals surface area (Å²) in [5.41, 5.74) is 3.91. The lowest BCUT2D eigenvalue weighted by molar-refractivity contribution is -0.386. The van der Waals surface area contributed by atoms with Crippen molar-refractivity contribution in [2.75, 3.05) is 6.61 Å². The highest BCUT2D eigenvalue weighted by Crippen LogP contribution is 2.34. The van der Waals surface area contributed by atoms with Gasteiger partial charge in [-0.25, -0.2) is 0 Å². The highest BCUT2D eigenvalue weighted by molar-refractivity contribution is 9.10. The number of hydrogen-bond acceptors (Lipinski definition) is 5. The summed E-state index contributed by atoms with van der Waals surface area (Å²) in [4.78, 5) is 21.1. The third-order valence-corrected chi connectivity index (χ3v) is 3.12. The van der Waals surface area contributed by atoms with Crippen molar-refractivity contribution in [2.45, 2.75) is 18.9 Å².